The number of hydrogen-bond acceptors (Lipinski definition) is 4. The molecule has 1 aromatic rings. The molecular formula is C13H12BrNO4. The Hall–Kier alpha value is -1.50. The molecular weight excluding hydrogens is 314 g/mol. The van der Waals surface area contributed by atoms with E-state index in [0.29, 0.717) is 0 Å². The molecule has 1 unspecified atom stereocenters. The van der Waals surface area contributed by atoms with E-state index in [1.165, 1.54) is 0 Å². The molecule has 0 saturated heterocycles. The lowest BCUT2D eigenvalue weighted by Crippen LogP contribution is -2.47. The maximum absolute atomic E-state index is 11.9. The second-order valence-electron chi connectivity index (χ2n) is 3.98. The smallest absolute Gasteiger partial charge is 0.261 e. The van der Waals surface area contributed by atoms with Crippen molar-refractivity contribution >= 4 is 27.6 Å². The SMILES string of the molecule is O=C1NC(CO)=C(Br)C(=O)C1OCc1ccccc1. The van der Waals surface area contributed by atoms with Gasteiger partial charge in [0.25, 0.3) is 5.91 Å². The van der Waals surface area contributed by atoms with Crippen LogP contribution in [-0.4, -0.2) is 29.5 Å². The number of Topliss-reactive ketones (excluding diaryl/α,β-unsaturated/α-hetero) is 1. The Morgan fingerprint density at radius 3 is 2.58 bits per heavy atom. The molecule has 0 spiro atoms. The minimum Gasteiger partial charge on any atom is -0.390 e. The number of amides is 1. The van der Waals surface area contributed by atoms with Crippen molar-refractivity contribution in [3.05, 3.63) is 46.1 Å². The van der Waals surface area contributed by atoms with Crippen LogP contribution in [0.1, 0.15) is 5.56 Å². The van der Waals surface area contributed by atoms with Gasteiger partial charge in [-0.15, -0.1) is 0 Å². The average Bonchev–Trinajstić information content (AvgIpc) is 2.44. The summed E-state index contributed by atoms with van der Waals surface area (Å²) < 4.78 is 5.50. The summed E-state index contributed by atoms with van der Waals surface area (Å²) >= 11 is 3.05. The van der Waals surface area contributed by atoms with E-state index in [0.717, 1.165) is 5.56 Å². The van der Waals surface area contributed by atoms with Crippen molar-refractivity contribution in [2.45, 2.75) is 12.7 Å². The van der Waals surface area contributed by atoms with Gasteiger partial charge >= 0.3 is 0 Å². The maximum atomic E-state index is 11.9. The minimum absolute atomic E-state index is 0.146. The van der Waals surface area contributed by atoms with Crippen LogP contribution in [-0.2, 0) is 20.9 Å². The second kappa shape index (κ2) is 6.10. The number of carbonyl (C=O) groups excluding carboxylic acids is 2. The van der Waals surface area contributed by atoms with Crippen molar-refractivity contribution in [1.29, 1.82) is 0 Å². The molecule has 0 fully saturated rings. The van der Waals surface area contributed by atoms with Crippen molar-refractivity contribution in [3.63, 3.8) is 0 Å². The number of ketones is 1. The summed E-state index contributed by atoms with van der Waals surface area (Å²) in [7, 11) is 0. The zero-order valence-corrected chi connectivity index (χ0v) is 11.5. The highest BCUT2D eigenvalue weighted by atomic mass is 79.9. The molecule has 0 aromatic heterocycles. The molecule has 1 aliphatic heterocycles. The van der Waals surface area contributed by atoms with E-state index < -0.39 is 24.4 Å². The van der Waals surface area contributed by atoms with Gasteiger partial charge in [0.1, 0.15) is 0 Å². The summed E-state index contributed by atoms with van der Waals surface area (Å²) in [5.74, 6) is -1.04. The Morgan fingerprint density at radius 1 is 1.26 bits per heavy atom. The molecule has 2 rings (SSSR count). The summed E-state index contributed by atoms with van der Waals surface area (Å²) in [6, 6.07) is 9.25. The minimum atomic E-state index is -1.19. The third kappa shape index (κ3) is 3.09. The average molecular weight is 326 g/mol. The Labute approximate surface area is 118 Å². The van der Waals surface area contributed by atoms with E-state index >= 15 is 0 Å². The standard InChI is InChI=1S/C13H12BrNO4/c14-10-9(6-16)15-13(18)12(11(10)17)19-7-8-4-2-1-3-5-8/h1-5,12,16H,6-7H2,(H,15,18). The fourth-order valence-electron chi connectivity index (χ4n) is 1.67. The Morgan fingerprint density at radius 2 is 1.95 bits per heavy atom. The van der Waals surface area contributed by atoms with Crippen LogP contribution in [0.15, 0.2) is 40.5 Å². The predicted molar refractivity (Wildman–Crippen MR) is 71.2 cm³/mol. The van der Waals surface area contributed by atoms with E-state index in [1.54, 1.807) is 0 Å². The number of aliphatic hydroxyl groups is 1. The Balaban J connectivity index is 2.07. The second-order valence-corrected chi connectivity index (χ2v) is 4.77. The predicted octanol–water partition coefficient (Wildman–Crippen LogP) is 0.869. The number of halogens is 1. The van der Waals surface area contributed by atoms with E-state index in [4.69, 9.17) is 9.84 Å². The molecule has 100 valence electrons. The van der Waals surface area contributed by atoms with Gasteiger partial charge in [0.15, 0.2) is 6.10 Å². The molecule has 0 bridgehead atoms. The highest BCUT2D eigenvalue weighted by Crippen LogP contribution is 2.20. The molecule has 0 radical (unpaired) electrons. The molecule has 0 aliphatic carbocycles. The number of nitrogens with one attached hydrogen (secondary N) is 1. The summed E-state index contributed by atoms with van der Waals surface area (Å²) in [5.41, 5.74) is 1.03. The van der Waals surface area contributed by atoms with Crippen LogP contribution in [0.2, 0.25) is 0 Å². The fourth-order valence-corrected chi connectivity index (χ4v) is 2.10. The molecule has 6 heteroatoms. The largest absolute Gasteiger partial charge is 0.390 e. The van der Waals surface area contributed by atoms with Gasteiger partial charge in [0, 0.05) is 0 Å². The lowest BCUT2D eigenvalue weighted by molar-refractivity contribution is -0.143. The molecule has 1 amide bonds. The lowest BCUT2D eigenvalue weighted by atomic mass is 10.1. The van der Waals surface area contributed by atoms with Crippen LogP contribution in [0, 0.1) is 0 Å². The molecule has 5 nitrogen and oxygen atoms in total. The van der Waals surface area contributed by atoms with Crippen LogP contribution < -0.4 is 5.32 Å². The first-order chi connectivity index (χ1) is 9.13. The number of hydrogen-bond donors (Lipinski definition) is 2. The number of carbonyl (C=O) groups is 2. The first-order valence-corrected chi connectivity index (χ1v) is 6.43. The van der Waals surface area contributed by atoms with Crippen LogP contribution in [0.3, 0.4) is 0 Å². The van der Waals surface area contributed by atoms with E-state index in [1.807, 2.05) is 30.3 Å². The Bertz CT molecular complexity index is 527. The molecule has 1 atom stereocenters. The van der Waals surface area contributed by atoms with Crippen molar-refractivity contribution < 1.29 is 19.4 Å². The first kappa shape index (κ1) is 13.9. The van der Waals surface area contributed by atoms with Gasteiger partial charge in [-0.05, 0) is 21.5 Å². The maximum Gasteiger partial charge on any atom is 0.261 e. The van der Waals surface area contributed by atoms with Crippen molar-refractivity contribution in [2.24, 2.45) is 0 Å². The van der Waals surface area contributed by atoms with Gasteiger partial charge in [-0.2, -0.15) is 0 Å². The normalized spacial score (nSPS) is 19.6. The van der Waals surface area contributed by atoms with Crippen molar-refractivity contribution in [3.8, 4) is 0 Å². The van der Waals surface area contributed by atoms with E-state index in [2.05, 4.69) is 21.2 Å². The van der Waals surface area contributed by atoms with Crippen molar-refractivity contribution in [2.75, 3.05) is 6.61 Å². The van der Waals surface area contributed by atoms with Crippen LogP contribution >= 0.6 is 15.9 Å². The summed E-state index contributed by atoms with van der Waals surface area (Å²) in [5, 5.41) is 11.4. The van der Waals surface area contributed by atoms with Gasteiger partial charge in [-0.3, -0.25) is 9.59 Å². The monoisotopic (exact) mass is 325 g/mol. The zero-order valence-electron chi connectivity index (χ0n) is 9.93. The lowest BCUT2D eigenvalue weighted by Gasteiger charge is -2.23. The molecule has 1 heterocycles. The van der Waals surface area contributed by atoms with E-state index in [-0.39, 0.29) is 16.8 Å². The van der Waals surface area contributed by atoms with Gasteiger partial charge in [0.2, 0.25) is 5.78 Å². The van der Waals surface area contributed by atoms with Crippen molar-refractivity contribution in [1.82, 2.24) is 5.32 Å². The first-order valence-electron chi connectivity index (χ1n) is 5.63. The van der Waals surface area contributed by atoms with E-state index in [9.17, 15) is 9.59 Å². The van der Waals surface area contributed by atoms with Gasteiger partial charge in [-0.1, -0.05) is 30.3 Å². The van der Waals surface area contributed by atoms with Crippen LogP contribution in [0.4, 0.5) is 0 Å². The number of rotatable bonds is 4. The molecule has 2 N–H and O–H groups in total. The molecule has 1 aliphatic rings. The van der Waals surface area contributed by atoms with Gasteiger partial charge < -0.3 is 15.2 Å². The molecule has 0 saturated carbocycles. The topological polar surface area (TPSA) is 75.6 Å². The summed E-state index contributed by atoms with van der Waals surface area (Å²) in [4.78, 5) is 23.6. The summed E-state index contributed by atoms with van der Waals surface area (Å²) in [6.07, 6.45) is -1.19. The molecule has 19 heavy (non-hydrogen) atoms. The highest BCUT2D eigenvalue weighted by Gasteiger charge is 2.35. The molecule has 1 aromatic carbocycles. The Kier molecular flexibility index (Phi) is 4.47. The summed E-state index contributed by atoms with van der Waals surface area (Å²) in [6.45, 7) is -0.247. The highest BCUT2D eigenvalue weighted by molar-refractivity contribution is 9.12. The van der Waals surface area contributed by atoms with Gasteiger partial charge in [0.05, 0.1) is 23.4 Å². The third-order valence-electron chi connectivity index (χ3n) is 2.65. The third-order valence-corrected chi connectivity index (χ3v) is 3.52. The van der Waals surface area contributed by atoms with Gasteiger partial charge in [-0.25, -0.2) is 0 Å². The number of benzene rings is 1. The van der Waals surface area contributed by atoms with Crippen LogP contribution in [0.5, 0.6) is 0 Å². The number of aliphatic hydroxyl groups excluding tert-OH is 1. The fraction of sp³-hybridized carbons (Fsp3) is 0.231. The zero-order chi connectivity index (χ0) is 13.8. The van der Waals surface area contributed by atoms with Crippen LogP contribution in [0.25, 0.3) is 0 Å². The quantitative estimate of drug-likeness (QED) is 0.805. The number of ether oxygens (including phenoxy) is 1.